The molecule has 1 heterocycles. The van der Waals surface area contributed by atoms with Crippen LogP contribution in [-0.4, -0.2) is 40.2 Å². The second-order valence-electron chi connectivity index (χ2n) is 3.92. The molecule has 1 atom stereocenters. The maximum absolute atomic E-state index is 11.6. The zero-order valence-electron chi connectivity index (χ0n) is 10.3. The Hall–Kier alpha value is -1.92. The quantitative estimate of drug-likeness (QED) is 0.734. The number of ether oxygens (including phenoxy) is 1. The number of nitrogens with zero attached hydrogens (tertiary/aromatic N) is 2. The number of H-pyrrole nitrogens is 1. The lowest BCUT2D eigenvalue weighted by Gasteiger charge is -2.09. The molecule has 2 N–H and O–H groups in total. The summed E-state index contributed by atoms with van der Waals surface area (Å²) in [5.41, 5.74) is 0. The normalized spacial score (nSPS) is 12.3. The molecule has 0 bridgehead atoms. The van der Waals surface area contributed by atoms with Crippen LogP contribution in [0.15, 0.2) is 0 Å². The van der Waals surface area contributed by atoms with Crippen LogP contribution in [0.3, 0.4) is 0 Å². The molecular formula is C10H16N4O3. The molecular weight excluding hydrogens is 224 g/mol. The first kappa shape index (κ1) is 13.1. The highest BCUT2D eigenvalue weighted by molar-refractivity contribution is 5.93. The van der Waals surface area contributed by atoms with Crippen molar-refractivity contribution in [3.8, 4) is 0 Å². The summed E-state index contributed by atoms with van der Waals surface area (Å²) in [4.78, 5) is 26.8. The number of hydrogen-bond donors (Lipinski definition) is 2. The molecule has 1 amide bonds. The van der Waals surface area contributed by atoms with E-state index in [4.69, 9.17) is 0 Å². The molecule has 7 heteroatoms. The third-order valence-electron chi connectivity index (χ3n) is 2.16. The summed E-state index contributed by atoms with van der Waals surface area (Å²) in [6.07, 6.45) is 0. The predicted molar refractivity (Wildman–Crippen MR) is 59.4 cm³/mol. The molecule has 0 saturated carbocycles. The molecule has 1 aromatic heterocycles. The van der Waals surface area contributed by atoms with E-state index in [1.54, 1.807) is 0 Å². The van der Waals surface area contributed by atoms with Crippen molar-refractivity contribution in [2.24, 2.45) is 0 Å². The number of rotatable bonds is 4. The fraction of sp³-hybridized carbons (Fsp3) is 0.600. The van der Waals surface area contributed by atoms with Crippen molar-refractivity contribution in [2.75, 3.05) is 7.11 Å². The molecule has 17 heavy (non-hydrogen) atoms. The minimum absolute atomic E-state index is 0.0180. The van der Waals surface area contributed by atoms with Crippen molar-refractivity contribution in [1.29, 1.82) is 0 Å². The average molecular weight is 240 g/mol. The van der Waals surface area contributed by atoms with Crippen LogP contribution in [0.5, 0.6) is 0 Å². The van der Waals surface area contributed by atoms with E-state index in [2.05, 4.69) is 25.2 Å². The minimum atomic E-state index is -0.728. The fourth-order valence-corrected chi connectivity index (χ4v) is 1.13. The number of amides is 1. The Morgan fingerprint density at radius 1 is 1.35 bits per heavy atom. The van der Waals surface area contributed by atoms with Gasteiger partial charge in [-0.25, -0.2) is 9.78 Å². The molecule has 0 spiro atoms. The van der Waals surface area contributed by atoms with Gasteiger partial charge in [-0.2, -0.15) is 0 Å². The van der Waals surface area contributed by atoms with Crippen LogP contribution in [0.2, 0.25) is 0 Å². The Bertz CT molecular complexity index is 413. The zero-order valence-corrected chi connectivity index (χ0v) is 10.3. The summed E-state index contributed by atoms with van der Waals surface area (Å²) in [7, 11) is 1.26. The Kier molecular flexibility index (Phi) is 4.19. The van der Waals surface area contributed by atoms with E-state index in [-0.39, 0.29) is 11.7 Å². The molecule has 0 radical (unpaired) electrons. The van der Waals surface area contributed by atoms with Crippen molar-refractivity contribution in [3.63, 3.8) is 0 Å². The minimum Gasteiger partial charge on any atom is -0.467 e. The van der Waals surface area contributed by atoms with E-state index in [9.17, 15) is 9.59 Å². The topological polar surface area (TPSA) is 97.0 Å². The van der Waals surface area contributed by atoms with Gasteiger partial charge in [0.15, 0.2) is 0 Å². The molecule has 1 aromatic rings. The Morgan fingerprint density at radius 2 is 2.00 bits per heavy atom. The Morgan fingerprint density at radius 3 is 2.47 bits per heavy atom. The lowest BCUT2D eigenvalue weighted by atomic mass is 10.2. The van der Waals surface area contributed by atoms with E-state index in [0.29, 0.717) is 5.82 Å². The van der Waals surface area contributed by atoms with Crippen molar-refractivity contribution in [2.45, 2.75) is 32.7 Å². The van der Waals surface area contributed by atoms with Gasteiger partial charge in [-0.05, 0) is 6.92 Å². The average Bonchev–Trinajstić information content (AvgIpc) is 2.77. The second kappa shape index (κ2) is 5.42. The van der Waals surface area contributed by atoms with Crippen molar-refractivity contribution in [1.82, 2.24) is 20.5 Å². The van der Waals surface area contributed by atoms with Crippen LogP contribution in [0, 0.1) is 0 Å². The van der Waals surface area contributed by atoms with Crippen LogP contribution in [0.25, 0.3) is 0 Å². The second-order valence-corrected chi connectivity index (χ2v) is 3.92. The van der Waals surface area contributed by atoms with E-state index < -0.39 is 17.9 Å². The molecule has 0 aliphatic rings. The van der Waals surface area contributed by atoms with Crippen LogP contribution in [0.4, 0.5) is 0 Å². The van der Waals surface area contributed by atoms with Gasteiger partial charge in [-0.1, -0.05) is 13.8 Å². The standard InChI is InChI=1S/C10H16N4O3/c1-5(2)7-12-8(14-13-7)9(15)11-6(3)10(16)17-4/h5-6H,1-4H3,(H,11,15)(H,12,13,14). The number of carbonyl (C=O) groups is 2. The number of methoxy groups -OCH3 is 1. The molecule has 7 nitrogen and oxygen atoms in total. The van der Waals surface area contributed by atoms with Gasteiger partial charge in [0.25, 0.3) is 5.91 Å². The van der Waals surface area contributed by atoms with Crippen molar-refractivity contribution < 1.29 is 14.3 Å². The molecule has 0 saturated heterocycles. The first-order chi connectivity index (χ1) is 7.95. The maximum Gasteiger partial charge on any atom is 0.328 e. The van der Waals surface area contributed by atoms with Crippen LogP contribution in [0.1, 0.15) is 43.1 Å². The zero-order chi connectivity index (χ0) is 13.0. The third kappa shape index (κ3) is 3.27. The summed E-state index contributed by atoms with van der Waals surface area (Å²) in [6, 6.07) is -0.728. The van der Waals surface area contributed by atoms with Gasteiger partial charge >= 0.3 is 5.97 Å². The van der Waals surface area contributed by atoms with E-state index in [1.165, 1.54) is 14.0 Å². The number of esters is 1. The van der Waals surface area contributed by atoms with Gasteiger partial charge in [0.2, 0.25) is 5.82 Å². The lowest BCUT2D eigenvalue weighted by molar-refractivity contribution is -0.142. The predicted octanol–water partition coefficient (Wildman–Crippen LogP) is 0.219. The van der Waals surface area contributed by atoms with Gasteiger partial charge in [0, 0.05) is 5.92 Å². The number of hydrogen-bond acceptors (Lipinski definition) is 5. The monoisotopic (exact) mass is 240 g/mol. The van der Waals surface area contributed by atoms with E-state index >= 15 is 0 Å². The van der Waals surface area contributed by atoms with Crippen molar-refractivity contribution in [3.05, 3.63) is 11.6 Å². The van der Waals surface area contributed by atoms with Gasteiger partial charge in [-0.3, -0.25) is 9.89 Å². The van der Waals surface area contributed by atoms with E-state index in [1.807, 2.05) is 13.8 Å². The van der Waals surface area contributed by atoms with Gasteiger partial charge in [0.1, 0.15) is 11.9 Å². The highest BCUT2D eigenvalue weighted by atomic mass is 16.5. The number of nitrogens with one attached hydrogen (secondary N) is 2. The smallest absolute Gasteiger partial charge is 0.328 e. The number of aromatic amines is 1. The Balaban J connectivity index is 2.66. The summed E-state index contributed by atoms with van der Waals surface area (Å²) >= 11 is 0. The van der Waals surface area contributed by atoms with Gasteiger partial charge in [0.05, 0.1) is 7.11 Å². The highest BCUT2D eigenvalue weighted by Crippen LogP contribution is 2.07. The molecule has 1 rings (SSSR count). The maximum atomic E-state index is 11.6. The first-order valence-corrected chi connectivity index (χ1v) is 5.26. The lowest BCUT2D eigenvalue weighted by Crippen LogP contribution is -2.39. The summed E-state index contributed by atoms with van der Waals surface area (Å²) in [5, 5.41) is 8.88. The SMILES string of the molecule is COC(=O)C(C)NC(=O)c1n[nH]c(C(C)C)n1. The number of aromatic nitrogens is 3. The van der Waals surface area contributed by atoms with Crippen LogP contribution in [-0.2, 0) is 9.53 Å². The molecule has 0 aliphatic carbocycles. The van der Waals surface area contributed by atoms with Crippen LogP contribution < -0.4 is 5.32 Å². The summed E-state index contributed by atoms with van der Waals surface area (Å²) < 4.78 is 4.49. The third-order valence-corrected chi connectivity index (χ3v) is 2.16. The van der Waals surface area contributed by atoms with E-state index in [0.717, 1.165) is 0 Å². The molecule has 0 aliphatic heterocycles. The summed E-state index contributed by atoms with van der Waals surface area (Å²) in [5.74, 6) is -0.226. The van der Waals surface area contributed by atoms with Crippen molar-refractivity contribution >= 4 is 11.9 Å². The molecule has 0 fully saturated rings. The molecule has 0 aromatic carbocycles. The first-order valence-electron chi connectivity index (χ1n) is 5.26. The largest absolute Gasteiger partial charge is 0.467 e. The Labute approximate surface area is 99.0 Å². The van der Waals surface area contributed by atoms with Crippen LogP contribution >= 0.6 is 0 Å². The summed E-state index contributed by atoms with van der Waals surface area (Å²) in [6.45, 7) is 5.39. The van der Waals surface area contributed by atoms with Gasteiger partial charge in [-0.15, -0.1) is 5.10 Å². The fourth-order valence-electron chi connectivity index (χ4n) is 1.13. The highest BCUT2D eigenvalue weighted by Gasteiger charge is 2.20. The number of carbonyl (C=O) groups excluding carboxylic acids is 2. The molecule has 1 unspecified atom stereocenters. The molecule has 94 valence electrons. The van der Waals surface area contributed by atoms with Gasteiger partial charge < -0.3 is 10.1 Å².